The Kier molecular flexibility index (Phi) is 3.96. The van der Waals surface area contributed by atoms with Gasteiger partial charge in [0, 0.05) is 45.1 Å². The first-order valence-corrected chi connectivity index (χ1v) is 7.52. The maximum Gasteiger partial charge on any atom is 0.122 e. The van der Waals surface area contributed by atoms with Crippen LogP contribution in [0.4, 0.5) is 0 Å². The maximum absolute atomic E-state index is 5.35. The fourth-order valence-electron chi connectivity index (χ4n) is 2.73. The number of aromatic nitrogens is 2. The van der Waals surface area contributed by atoms with Crippen molar-refractivity contribution in [1.29, 1.82) is 0 Å². The molecule has 0 amide bonds. The van der Waals surface area contributed by atoms with Crippen LogP contribution in [0.3, 0.4) is 0 Å². The van der Waals surface area contributed by atoms with Gasteiger partial charge in [-0.05, 0) is 22.4 Å². The van der Waals surface area contributed by atoms with E-state index in [0.717, 1.165) is 38.6 Å². The molecule has 0 N–H and O–H groups in total. The Morgan fingerprint density at radius 1 is 1.47 bits per heavy atom. The number of hydrogen-bond donors (Lipinski definition) is 0. The number of rotatable bonds is 4. The summed E-state index contributed by atoms with van der Waals surface area (Å²) in [4.78, 5) is 6.94. The molecule has 0 spiro atoms. The van der Waals surface area contributed by atoms with Gasteiger partial charge in [-0.15, -0.1) is 0 Å². The van der Waals surface area contributed by atoms with Gasteiger partial charge in [0.2, 0.25) is 0 Å². The molecule has 0 radical (unpaired) electrons. The second-order valence-corrected chi connectivity index (χ2v) is 5.90. The average molecular weight is 277 g/mol. The van der Waals surface area contributed by atoms with Crippen LogP contribution in [0.25, 0.3) is 0 Å². The lowest BCUT2D eigenvalue weighted by Crippen LogP contribution is -2.29. The van der Waals surface area contributed by atoms with Gasteiger partial charge in [0.15, 0.2) is 0 Å². The van der Waals surface area contributed by atoms with Crippen LogP contribution in [-0.4, -0.2) is 34.7 Å². The number of nitrogens with zero attached hydrogens (tertiary/aromatic N) is 3. The molecule has 2 aromatic heterocycles. The van der Waals surface area contributed by atoms with Crippen LogP contribution < -0.4 is 0 Å². The van der Waals surface area contributed by atoms with Gasteiger partial charge in [-0.3, -0.25) is 4.90 Å². The van der Waals surface area contributed by atoms with Crippen LogP contribution >= 0.6 is 11.3 Å². The molecule has 1 aliphatic rings. The molecule has 3 rings (SSSR count). The first-order valence-electron chi connectivity index (χ1n) is 6.57. The van der Waals surface area contributed by atoms with Crippen LogP contribution in [-0.2, 0) is 24.4 Å². The first-order chi connectivity index (χ1) is 9.35. The molecule has 0 unspecified atom stereocenters. The largest absolute Gasteiger partial charge is 0.384 e. The Hall–Kier alpha value is -1.17. The Morgan fingerprint density at radius 3 is 3.21 bits per heavy atom. The van der Waals surface area contributed by atoms with E-state index in [9.17, 15) is 0 Å². The molecule has 0 aliphatic carbocycles. The summed E-state index contributed by atoms with van der Waals surface area (Å²) in [6.07, 6.45) is 3.97. The lowest BCUT2D eigenvalue weighted by atomic mass is 10.1. The van der Waals surface area contributed by atoms with Crippen molar-refractivity contribution in [2.24, 2.45) is 5.92 Å². The Labute approximate surface area is 117 Å². The SMILES string of the molecule is COC[C@@H]1CN(Cc2ccsc2)Cc2nccn2C1. The number of fused-ring (bicyclic) bond motifs is 1. The van der Waals surface area contributed by atoms with Crippen molar-refractivity contribution >= 4 is 11.3 Å². The summed E-state index contributed by atoms with van der Waals surface area (Å²) >= 11 is 1.76. The second-order valence-electron chi connectivity index (χ2n) is 5.12. The first kappa shape index (κ1) is 12.8. The fraction of sp³-hybridized carbons (Fsp3) is 0.500. The average Bonchev–Trinajstić information content (AvgIpc) is 3.00. The van der Waals surface area contributed by atoms with Crippen molar-refractivity contribution in [3.63, 3.8) is 0 Å². The number of thiophene rings is 1. The quantitative estimate of drug-likeness (QED) is 0.858. The van der Waals surface area contributed by atoms with Crippen LogP contribution in [0.15, 0.2) is 29.2 Å². The molecular formula is C14H19N3OS. The highest BCUT2D eigenvalue weighted by atomic mass is 32.1. The maximum atomic E-state index is 5.35. The molecule has 1 aliphatic heterocycles. The van der Waals surface area contributed by atoms with Gasteiger partial charge in [0.25, 0.3) is 0 Å². The van der Waals surface area contributed by atoms with E-state index in [1.165, 1.54) is 5.56 Å². The minimum Gasteiger partial charge on any atom is -0.384 e. The molecule has 3 heterocycles. The summed E-state index contributed by atoms with van der Waals surface area (Å²) < 4.78 is 7.61. The van der Waals surface area contributed by atoms with E-state index in [1.54, 1.807) is 18.4 Å². The van der Waals surface area contributed by atoms with Gasteiger partial charge in [-0.2, -0.15) is 11.3 Å². The van der Waals surface area contributed by atoms with Gasteiger partial charge in [0.1, 0.15) is 5.82 Å². The van der Waals surface area contributed by atoms with Gasteiger partial charge < -0.3 is 9.30 Å². The molecule has 0 aromatic carbocycles. The predicted octanol–water partition coefficient (Wildman–Crippen LogP) is 2.22. The molecule has 0 saturated carbocycles. The molecule has 102 valence electrons. The summed E-state index contributed by atoms with van der Waals surface area (Å²) in [7, 11) is 1.78. The predicted molar refractivity (Wildman–Crippen MR) is 76.0 cm³/mol. The fourth-order valence-corrected chi connectivity index (χ4v) is 3.39. The van der Waals surface area contributed by atoms with Gasteiger partial charge >= 0.3 is 0 Å². The minimum atomic E-state index is 0.527. The summed E-state index contributed by atoms with van der Waals surface area (Å²) in [5.41, 5.74) is 1.39. The van der Waals surface area contributed by atoms with Crippen LogP contribution in [0.2, 0.25) is 0 Å². The molecule has 19 heavy (non-hydrogen) atoms. The summed E-state index contributed by atoms with van der Waals surface area (Å²) in [6, 6.07) is 2.20. The smallest absolute Gasteiger partial charge is 0.122 e. The normalized spacial score (nSPS) is 20.2. The molecule has 0 fully saturated rings. The van der Waals surface area contributed by atoms with Crippen molar-refractivity contribution in [2.75, 3.05) is 20.3 Å². The van der Waals surface area contributed by atoms with E-state index in [-0.39, 0.29) is 0 Å². The lowest BCUT2D eigenvalue weighted by Gasteiger charge is -2.22. The molecule has 2 aromatic rings. The van der Waals surface area contributed by atoms with E-state index in [0.29, 0.717) is 5.92 Å². The van der Waals surface area contributed by atoms with Crippen molar-refractivity contribution < 1.29 is 4.74 Å². The van der Waals surface area contributed by atoms with Crippen molar-refractivity contribution in [3.05, 3.63) is 40.6 Å². The molecular weight excluding hydrogens is 258 g/mol. The lowest BCUT2D eigenvalue weighted by molar-refractivity contribution is 0.115. The zero-order chi connectivity index (χ0) is 13.1. The minimum absolute atomic E-state index is 0.527. The zero-order valence-electron chi connectivity index (χ0n) is 11.2. The molecule has 0 bridgehead atoms. The molecule has 5 heteroatoms. The van der Waals surface area contributed by atoms with Crippen molar-refractivity contribution in [2.45, 2.75) is 19.6 Å². The van der Waals surface area contributed by atoms with E-state index < -0.39 is 0 Å². The van der Waals surface area contributed by atoms with Crippen LogP contribution in [0, 0.1) is 5.92 Å². The number of imidazole rings is 1. The van der Waals surface area contributed by atoms with Gasteiger partial charge in [0.05, 0.1) is 13.2 Å². The third-order valence-electron chi connectivity index (χ3n) is 3.53. The van der Waals surface area contributed by atoms with E-state index in [4.69, 9.17) is 4.74 Å². The van der Waals surface area contributed by atoms with E-state index in [2.05, 4.69) is 37.5 Å². The topological polar surface area (TPSA) is 30.3 Å². The van der Waals surface area contributed by atoms with E-state index in [1.807, 2.05) is 6.20 Å². The standard InChI is InChI=1S/C14H19N3OS/c1-18-10-13-7-16(6-12-2-5-19-11-12)9-14-15-3-4-17(14)8-13/h2-5,11,13H,6-10H2,1H3/t13-/m1/s1. The Morgan fingerprint density at radius 2 is 2.42 bits per heavy atom. The highest BCUT2D eigenvalue weighted by Gasteiger charge is 2.22. The van der Waals surface area contributed by atoms with Crippen LogP contribution in [0.1, 0.15) is 11.4 Å². The van der Waals surface area contributed by atoms with Crippen LogP contribution in [0.5, 0.6) is 0 Å². The van der Waals surface area contributed by atoms with E-state index >= 15 is 0 Å². The zero-order valence-corrected chi connectivity index (χ0v) is 12.0. The molecule has 0 saturated heterocycles. The number of ether oxygens (including phenoxy) is 1. The van der Waals surface area contributed by atoms with Gasteiger partial charge in [-0.1, -0.05) is 0 Å². The highest BCUT2D eigenvalue weighted by molar-refractivity contribution is 7.07. The van der Waals surface area contributed by atoms with Crippen molar-refractivity contribution in [3.8, 4) is 0 Å². The Balaban J connectivity index is 1.76. The second kappa shape index (κ2) is 5.86. The monoisotopic (exact) mass is 277 g/mol. The summed E-state index contributed by atoms with van der Waals surface area (Å²) in [5, 5.41) is 4.36. The number of hydrogen-bond acceptors (Lipinski definition) is 4. The van der Waals surface area contributed by atoms with Crippen molar-refractivity contribution in [1.82, 2.24) is 14.5 Å². The summed E-state index contributed by atoms with van der Waals surface area (Å²) in [5.74, 6) is 1.69. The van der Waals surface area contributed by atoms with Gasteiger partial charge in [-0.25, -0.2) is 4.98 Å². The highest BCUT2D eigenvalue weighted by Crippen LogP contribution is 2.18. The number of methoxy groups -OCH3 is 1. The molecule has 1 atom stereocenters. The third-order valence-corrected chi connectivity index (χ3v) is 4.26. The summed E-state index contributed by atoms with van der Waals surface area (Å²) in [6.45, 7) is 4.79. The third kappa shape index (κ3) is 3.05. The molecule has 4 nitrogen and oxygen atoms in total. The Bertz CT molecular complexity index is 509.